The molecule has 32 heavy (non-hydrogen) atoms. The highest BCUT2D eigenvalue weighted by atomic mass is 32.2. The third kappa shape index (κ3) is 6.88. The van der Waals surface area contributed by atoms with Gasteiger partial charge in [-0.05, 0) is 43.0 Å². The topological polar surface area (TPSA) is 127 Å². The van der Waals surface area contributed by atoms with Gasteiger partial charge in [-0.15, -0.1) is 0 Å². The molecule has 1 aromatic carbocycles. The summed E-state index contributed by atoms with van der Waals surface area (Å²) in [6.07, 6.45) is 6.76. The molecule has 2 heterocycles. The van der Waals surface area contributed by atoms with Crippen molar-refractivity contribution in [2.75, 3.05) is 31.2 Å². The van der Waals surface area contributed by atoms with Crippen LogP contribution >= 0.6 is 0 Å². The van der Waals surface area contributed by atoms with E-state index >= 15 is 0 Å². The molecule has 1 N–H and O–H groups in total. The van der Waals surface area contributed by atoms with Gasteiger partial charge in [0.15, 0.2) is 16.4 Å². The third-order valence-electron chi connectivity index (χ3n) is 5.44. The summed E-state index contributed by atoms with van der Waals surface area (Å²) in [4.78, 5) is 23.9. The van der Waals surface area contributed by atoms with E-state index in [1.165, 1.54) is 22.5 Å². The van der Waals surface area contributed by atoms with Gasteiger partial charge >= 0.3 is 5.97 Å². The lowest BCUT2D eigenvalue weighted by Crippen LogP contribution is -2.38. The van der Waals surface area contributed by atoms with E-state index in [1.807, 2.05) is 0 Å². The molecule has 0 aliphatic carbocycles. The molecule has 1 aromatic rings. The molecular weight excluding hydrogens is 456 g/mol. The van der Waals surface area contributed by atoms with Gasteiger partial charge < -0.3 is 10.1 Å². The highest BCUT2D eigenvalue weighted by Crippen LogP contribution is 2.21. The zero-order valence-electron chi connectivity index (χ0n) is 17.7. The number of nitrogens with zero attached hydrogens (tertiary/aromatic N) is 1. The van der Waals surface area contributed by atoms with Crippen molar-refractivity contribution < 1.29 is 31.2 Å². The molecule has 0 aromatic heterocycles. The Labute approximate surface area is 188 Å². The van der Waals surface area contributed by atoms with Crippen LogP contribution in [0.5, 0.6) is 0 Å². The highest BCUT2D eigenvalue weighted by molar-refractivity contribution is 7.91. The summed E-state index contributed by atoms with van der Waals surface area (Å²) in [5, 5.41) is 2.53. The fraction of sp³-hybridized carbons (Fsp3) is 0.524. The van der Waals surface area contributed by atoms with E-state index in [2.05, 4.69) is 5.32 Å². The molecule has 0 radical (unpaired) electrons. The summed E-state index contributed by atoms with van der Waals surface area (Å²) >= 11 is 0. The van der Waals surface area contributed by atoms with Crippen molar-refractivity contribution >= 4 is 37.8 Å². The van der Waals surface area contributed by atoms with Crippen LogP contribution in [-0.2, 0) is 34.2 Å². The van der Waals surface area contributed by atoms with Crippen LogP contribution in [0.1, 0.15) is 37.7 Å². The van der Waals surface area contributed by atoms with Crippen molar-refractivity contribution in [1.29, 1.82) is 0 Å². The van der Waals surface area contributed by atoms with Crippen molar-refractivity contribution in [2.24, 2.45) is 0 Å². The van der Waals surface area contributed by atoms with E-state index in [-0.39, 0.29) is 16.4 Å². The minimum Gasteiger partial charge on any atom is -0.452 e. The minimum atomic E-state index is -3.53. The second kappa shape index (κ2) is 10.6. The third-order valence-corrected chi connectivity index (χ3v) is 9.12. The average Bonchev–Trinajstić information content (AvgIpc) is 2.95. The molecule has 0 spiro atoms. The number of hydrogen-bond acceptors (Lipinski definition) is 7. The van der Waals surface area contributed by atoms with Crippen LogP contribution in [0, 0.1) is 0 Å². The van der Waals surface area contributed by atoms with Gasteiger partial charge in [0, 0.05) is 25.2 Å². The molecular formula is C21H28N2O7S2. The Morgan fingerprint density at radius 2 is 1.75 bits per heavy atom. The number of hydrogen-bond donors (Lipinski definition) is 1. The van der Waals surface area contributed by atoms with Crippen molar-refractivity contribution in [2.45, 2.75) is 43.0 Å². The van der Waals surface area contributed by atoms with Gasteiger partial charge in [0.25, 0.3) is 5.91 Å². The Bertz CT molecular complexity index is 1060. The van der Waals surface area contributed by atoms with Crippen molar-refractivity contribution in [3.63, 3.8) is 0 Å². The Balaban J connectivity index is 1.48. The van der Waals surface area contributed by atoms with Gasteiger partial charge in [-0.1, -0.05) is 25.0 Å². The molecule has 2 aliphatic heterocycles. The summed E-state index contributed by atoms with van der Waals surface area (Å²) < 4.78 is 54.8. The fourth-order valence-corrected chi connectivity index (χ4v) is 6.90. The second-order valence-electron chi connectivity index (χ2n) is 8.00. The number of sulfonamides is 1. The largest absolute Gasteiger partial charge is 0.452 e. The van der Waals surface area contributed by atoms with Crippen LogP contribution in [0.3, 0.4) is 0 Å². The number of amides is 1. The van der Waals surface area contributed by atoms with Gasteiger partial charge in [0.05, 0.1) is 16.4 Å². The maximum absolute atomic E-state index is 12.8. The van der Waals surface area contributed by atoms with Gasteiger partial charge in [0.1, 0.15) is 0 Å². The summed E-state index contributed by atoms with van der Waals surface area (Å²) in [5.74, 6) is -1.35. The maximum Gasteiger partial charge on any atom is 0.331 e. The van der Waals surface area contributed by atoms with Gasteiger partial charge in [0.2, 0.25) is 10.0 Å². The molecule has 0 saturated carbocycles. The SMILES string of the molecule is O=C(COC(=O)C=Cc1ccc(S(=O)(=O)N2CCCCCC2)cc1)NC1CCS(=O)(=O)C1. The Kier molecular flexibility index (Phi) is 8.07. The smallest absolute Gasteiger partial charge is 0.331 e. The first kappa shape index (κ1) is 24.4. The first-order valence-corrected chi connectivity index (χ1v) is 13.9. The van der Waals surface area contributed by atoms with Crippen LogP contribution < -0.4 is 5.32 Å². The van der Waals surface area contributed by atoms with Crippen molar-refractivity contribution in [3.05, 3.63) is 35.9 Å². The molecule has 1 amide bonds. The molecule has 2 aliphatic rings. The molecule has 9 nitrogen and oxygen atoms in total. The molecule has 11 heteroatoms. The monoisotopic (exact) mass is 484 g/mol. The Morgan fingerprint density at radius 1 is 1.09 bits per heavy atom. The molecule has 176 valence electrons. The zero-order chi connectivity index (χ0) is 23.2. The van der Waals surface area contributed by atoms with Gasteiger partial charge in [-0.2, -0.15) is 4.31 Å². The lowest BCUT2D eigenvalue weighted by atomic mass is 10.2. The normalized spacial score (nSPS) is 21.8. The van der Waals surface area contributed by atoms with E-state index in [9.17, 15) is 26.4 Å². The van der Waals surface area contributed by atoms with E-state index in [1.54, 1.807) is 12.1 Å². The van der Waals surface area contributed by atoms with E-state index in [4.69, 9.17) is 4.74 Å². The maximum atomic E-state index is 12.8. The summed E-state index contributed by atoms with van der Waals surface area (Å²) in [6.45, 7) is 0.548. The molecule has 1 atom stereocenters. The zero-order valence-corrected chi connectivity index (χ0v) is 19.4. The highest BCUT2D eigenvalue weighted by Gasteiger charge is 2.29. The number of carbonyl (C=O) groups excluding carboxylic acids is 2. The van der Waals surface area contributed by atoms with Crippen LogP contribution in [-0.4, -0.2) is 70.3 Å². The molecule has 1 unspecified atom stereocenters. The predicted molar refractivity (Wildman–Crippen MR) is 119 cm³/mol. The predicted octanol–water partition coefficient (Wildman–Crippen LogP) is 1.11. The van der Waals surface area contributed by atoms with Gasteiger partial charge in [-0.3, -0.25) is 4.79 Å². The van der Waals surface area contributed by atoms with Gasteiger partial charge in [-0.25, -0.2) is 21.6 Å². The average molecular weight is 485 g/mol. The summed E-state index contributed by atoms with van der Waals surface area (Å²) in [6, 6.07) is 5.76. The van der Waals surface area contributed by atoms with Crippen LogP contribution in [0.25, 0.3) is 6.08 Å². The molecule has 0 bridgehead atoms. The fourth-order valence-electron chi connectivity index (χ4n) is 3.71. The number of benzene rings is 1. The van der Waals surface area contributed by atoms with Crippen LogP contribution in [0.4, 0.5) is 0 Å². The Morgan fingerprint density at radius 3 is 2.34 bits per heavy atom. The summed E-state index contributed by atoms with van der Waals surface area (Å²) in [5.41, 5.74) is 0.609. The Hall–Kier alpha value is -2.24. The lowest BCUT2D eigenvalue weighted by Gasteiger charge is -2.19. The molecule has 3 rings (SSSR count). The van der Waals surface area contributed by atoms with E-state index < -0.39 is 44.4 Å². The number of ether oxygens (including phenoxy) is 1. The molecule has 2 saturated heterocycles. The standard InChI is InChI=1S/C21H28N2O7S2/c24-20(22-18-11-14-31(26,27)16-18)15-30-21(25)10-7-17-5-8-19(9-6-17)32(28,29)23-12-3-1-2-4-13-23/h5-10,18H,1-4,11-16H2,(H,22,24). The number of sulfone groups is 1. The molecule has 2 fully saturated rings. The number of esters is 1. The lowest BCUT2D eigenvalue weighted by molar-refractivity contribution is -0.143. The summed E-state index contributed by atoms with van der Waals surface area (Å²) in [7, 11) is -6.64. The quantitative estimate of drug-likeness (QED) is 0.454. The first-order valence-electron chi connectivity index (χ1n) is 10.6. The number of carbonyl (C=O) groups is 2. The van der Waals surface area contributed by atoms with E-state index in [0.29, 0.717) is 25.1 Å². The number of nitrogens with one attached hydrogen (secondary N) is 1. The van der Waals surface area contributed by atoms with Crippen molar-refractivity contribution in [1.82, 2.24) is 9.62 Å². The number of rotatable bonds is 7. The minimum absolute atomic E-state index is 0.0403. The van der Waals surface area contributed by atoms with Crippen LogP contribution in [0.2, 0.25) is 0 Å². The second-order valence-corrected chi connectivity index (χ2v) is 12.2. The first-order chi connectivity index (χ1) is 15.2. The van der Waals surface area contributed by atoms with Crippen LogP contribution in [0.15, 0.2) is 35.2 Å². The van der Waals surface area contributed by atoms with E-state index in [0.717, 1.165) is 31.8 Å². The van der Waals surface area contributed by atoms with Crippen molar-refractivity contribution in [3.8, 4) is 0 Å².